The van der Waals surface area contributed by atoms with Crippen LogP contribution in [0.5, 0.6) is 0 Å². The maximum atomic E-state index is 9.75. The Balaban J connectivity index is 0. The van der Waals surface area contributed by atoms with Gasteiger partial charge in [-0.1, -0.05) is 24.3 Å². The molecule has 1 rings (SSSR count). The molecule has 0 saturated heterocycles. The molecule has 0 amide bonds. The van der Waals surface area contributed by atoms with Crippen LogP contribution in [0.4, 0.5) is 17.3 Å². The quantitative estimate of drug-likeness (QED) is 0.311. The van der Waals surface area contributed by atoms with Gasteiger partial charge in [0.2, 0.25) is 0 Å². The molecule has 0 nitrogen and oxygen atoms in total. The minimum atomic E-state index is -6.00. The van der Waals surface area contributed by atoms with Crippen molar-refractivity contribution in [1.82, 2.24) is 0 Å². The maximum Gasteiger partial charge on any atom is 1.00 e. The van der Waals surface area contributed by atoms with Crippen molar-refractivity contribution in [2.45, 2.75) is 25.7 Å². The summed E-state index contributed by atoms with van der Waals surface area (Å²) < 4.78 is 39.0. The molecule has 0 aliphatic heterocycles. The lowest BCUT2D eigenvalue weighted by atomic mass is 10.1. The van der Waals surface area contributed by atoms with E-state index in [9.17, 15) is 17.3 Å². The Morgan fingerprint density at radius 1 is 0.692 bits per heavy atom. The summed E-state index contributed by atoms with van der Waals surface area (Å²) in [6.45, 7) is 0. The van der Waals surface area contributed by atoms with Crippen molar-refractivity contribution >= 4 is 7.25 Å². The average Bonchev–Trinajstić information content (AvgIpc) is 1.79. The molecule has 0 aromatic carbocycles. The van der Waals surface area contributed by atoms with Gasteiger partial charge in [-0.15, -0.1) is 0 Å². The Kier molecular flexibility index (Phi) is 6.36. The molecule has 0 fully saturated rings. The summed E-state index contributed by atoms with van der Waals surface area (Å²) in [5, 5.41) is 0. The molecule has 0 spiro atoms. The van der Waals surface area contributed by atoms with Crippen LogP contribution in [0.1, 0.15) is 27.1 Å². The molecule has 0 aromatic rings. The lowest BCUT2D eigenvalue weighted by Crippen LogP contribution is -2.02. The summed E-state index contributed by atoms with van der Waals surface area (Å²) >= 11 is 0. The highest BCUT2D eigenvalue weighted by Gasteiger charge is 2.20. The molecule has 0 radical (unpaired) electrons. The summed E-state index contributed by atoms with van der Waals surface area (Å²) in [7, 11) is -6.00. The van der Waals surface area contributed by atoms with Crippen LogP contribution in [0.2, 0.25) is 0 Å². The number of allylic oxidation sites excluding steroid dienone is 4. The molecule has 76 valence electrons. The zero-order valence-corrected chi connectivity index (χ0v) is 7.23. The van der Waals surface area contributed by atoms with Crippen LogP contribution in [-0.4, -0.2) is 7.25 Å². The highest BCUT2D eigenvalue weighted by atomic mass is 19.5. The van der Waals surface area contributed by atoms with E-state index < -0.39 is 7.25 Å². The Morgan fingerprint density at radius 3 is 1.00 bits per heavy atom. The van der Waals surface area contributed by atoms with E-state index in [1.165, 1.54) is 25.7 Å². The van der Waals surface area contributed by atoms with Crippen LogP contribution in [0.3, 0.4) is 0 Å². The highest BCUT2D eigenvalue weighted by Crippen LogP contribution is 2.06. The minimum Gasteiger partial charge on any atom is -0.418 e. The van der Waals surface area contributed by atoms with Gasteiger partial charge in [0.05, 0.1) is 0 Å². The summed E-state index contributed by atoms with van der Waals surface area (Å²) in [6.07, 6.45) is 14.0. The number of hydrogen-bond donors (Lipinski definition) is 0. The fourth-order valence-corrected chi connectivity index (χ4v) is 0.856. The van der Waals surface area contributed by atoms with Gasteiger partial charge in [-0.3, -0.25) is 0 Å². The van der Waals surface area contributed by atoms with Crippen molar-refractivity contribution in [2.24, 2.45) is 0 Å². The molecule has 0 aromatic heterocycles. The lowest BCUT2D eigenvalue weighted by Gasteiger charge is -1.94. The minimum absolute atomic E-state index is 0. The molecule has 0 unspecified atom stereocenters. The van der Waals surface area contributed by atoms with Crippen LogP contribution in [0.15, 0.2) is 24.3 Å². The molecule has 1 aliphatic carbocycles. The van der Waals surface area contributed by atoms with Crippen molar-refractivity contribution < 1.29 is 18.7 Å². The van der Waals surface area contributed by atoms with E-state index in [0.29, 0.717) is 0 Å². The monoisotopic (exact) mass is 196 g/mol. The van der Waals surface area contributed by atoms with Gasteiger partial charge >= 0.3 is 8.68 Å². The largest absolute Gasteiger partial charge is 1.00 e. The van der Waals surface area contributed by atoms with Gasteiger partial charge in [0.1, 0.15) is 0 Å². The van der Waals surface area contributed by atoms with E-state index in [1.54, 1.807) is 0 Å². The molecule has 1 aliphatic rings. The smallest absolute Gasteiger partial charge is 0.418 e. The van der Waals surface area contributed by atoms with E-state index in [1.807, 2.05) is 0 Å². The summed E-state index contributed by atoms with van der Waals surface area (Å²) in [5.74, 6) is 0. The van der Waals surface area contributed by atoms with Crippen molar-refractivity contribution in [1.29, 1.82) is 0 Å². The Labute approximate surface area is 76.9 Å². The third-order valence-electron chi connectivity index (χ3n) is 1.33. The van der Waals surface area contributed by atoms with Crippen LogP contribution >= 0.6 is 0 Å². The zero-order valence-electron chi connectivity index (χ0n) is 8.23. The second-order valence-electron chi connectivity index (χ2n) is 2.59. The van der Waals surface area contributed by atoms with E-state index in [0.717, 1.165) is 0 Å². The van der Waals surface area contributed by atoms with Crippen LogP contribution < -0.4 is 0 Å². The molecule has 0 atom stereocenters. The number of halogens is 4. The maximum absolute atomic E-state index is 9.75. The first-order valence-corrected chi connectivity index (χ1v) is 4.17. The molecular weight excluding hydrogens is 183 g/mol. The van der Waals surface area contributed by atoms with Gasteiger partial charge in [0, 0.05) is 0 Å². The standard InChI is InChI=1S/C8H12.BF4/c1-2-4-6-8-7-5-3-1;2-1(3,4)5/h1-2,7-8H,3-6H2;/q;-1/p+1. The highest BCUT2D eigenvalue weighted by molar-refractivity contribution is 6.50. The first kappa shape index (κ1) is 12.3. The normalized spacial score (nSPS) is 16.9. The molecule has 0 N–H and O–H groups in total. The molecule has 13 heavy (non-hydrogen) atoms. The van der Waals surface area contributed by atoms with Crippen molar-refractivity contribution in [2.75, 3.05) is 0 Å². The summed E-state index contributed by atoms with van der Waals surface area (Å²) in [5.41, 5.74) is 0. The van der Waals surface area contributed by atoms with Crippen molar-refractivity contribution in [3.8, 4) is 0 Å². The summed E-state index contributed by atoms with van der Waals surface area (Å²) in [4.78, 5) is 0. The molecule has 0 heterocycles. The first-order chi connectivity index (χ1) is 6.00. The van der Waals surface area contributed by atoms with E-state index >= 15 is 0 Å². The fraction of sp³-hybridized carbons (Fsp3) is 0.500. The predicted molar refractivity (Wildman–Crippen MR) is 48.0 cm³/mol. The third-order valence-corrected chi connectivity index (χ3v) is 1.33. The van der Waals surface area contributed by atoms with Gasteiger partial charge in [0.25, 0.3) is 0 Å². The Hall–Kier alpha value is -0.735. The van der Waals surface area contributed by atoms with Gasteiger partial charge in [-0.05, 0) is 25.7 Å². The van der Waals surface area contributed by atoms with Gasteiger partial charge < -0.3 is 17.3 Å². The SMILES string of the molecule is C1=CCCC=CCC1.F[B-](F)(F)F.[H+]. The van der Waals surface area contributed by atoms with E-state index in [-0.39, 0.29) is 1.43 Å². The van der Waals surface area contributed by atoms with Crippen LogP contribution in [0, 0.1) is 0 Å². The van der Waals surface area contributed by atoms with Gasteiger partial charge in [0.15, 0.2) is 0 Å². The van der Waals surface area contributed by atoms with Crippen molar-refractivity contribution in [3.63, 3.8) is 0 Å². The molecule has 0 saturated carbocycles. The second-order valence-corrected chi connectivity index (χ2v) is 2.59. The lowest BCUT2D eigenvalue weighted by molar-refractivity contribution is 0.368. The third kappa shape index (κ3) is 18.3. The van der Waals surface area contributed by atoms with Crippen LogP contribution in [0.25, 0.3) is 0 Å². The van der Waals surface area contributed by atoms with Crippen molar-refractivity contribution in [3.05, 3.63) is 24.3 Å². The predicted octanol–water partition coefficient (Wildman–Crippen LogP) is 4.09. The average molecular weight is 196 g/mol. The first-order valence-electron chi connectivity index (χ1n) is 4.17. The second kappa shape index (κ2) is 6.75. The van der Waals surface area contributed by atoms with Gasteiger partial charge in [-0.2, -0.15) is 0 Å². The fourth-order valence-electron chi connectivity index (χ4n) is 0.856. The topological polar surface area (TPSA) is 0 Å². The molecule has 5 heteroatoms. The van der Waals surface area contributed by atoms with Crippen LogP contribution in [-0.2, 0) is 0 Å². The van der Waals surface area contributed by atoms with E-state index in [2.05, 4.69) is 24.3 Å². The molecule has 0 bridgehead atoms. The van der Waals surface area contributed by atoms with Gasteiger partial charge in [-0.25, -0.2) is 0 Å². The number of rotatable bonds is 0. The summed E-state index contributed by atoms with van der Waals surface area (Å²) in [6, 6.07) is 0. The number of hydrogen-bond acceptors (Lipinski definition) is 0. The zero-order chi connectivity index (χ0) is 10.2. The Morgan fingerprint density at radius 2 is 0.846 bits per heavy atom. The van der Waals surface area contributed by atoms with E-state index in [4.69, 9.17) is 0 Å². The molecular formula is C8H13BF4. The Bertz CT molecular complexity index is 145.